The van der Waals surface area contributed by atoms with Gasteiger partial charge in [-0.3, -0.25) is 23.9 Å². The van der Waals surface area contributed by atoms with Gasteiger partial charge in [-0.2, -0.15) is 5.10 Å². The molecule has 2 N–H and O–H groups in total. The molecular formula is C16H23N5O3. The Balaban J connectivity index is 1.82. The van der Waals surface area contributed by atoms with Crippen molar-refractivity contribution in [3.8, 4) is 0 Å². The first-order valence-corrected chi connectivity index (χ1v) is 8.01. The lowest BCUT2D eigenvalue weighted by molar-refractivity contribution is -0.0608. The van der Waals surface area contributed by atoms with Crippen molar-refractivity contribution >= 4 is 0 Å². The van der Waals surface area contributed by atoms with Gasteiger partial charge in [-0.05, 0) is 26.3 Å². The number of aromatic nitrogens is 4. The van der Waals surface area contributed by atoms with E-state index in [-0.39, 0.29) is 11.6 Å². The minimum atomic E-state index is -1.08. The first-order valence-electron chi connectivity index (χ1n) is 8.01. The molecule has 24 heavy (non-hydrogen) atoms. The minimum Gasteiger partial charge on any atom is -0.387 e. The van der Waals surface area contributed by atoms with E-state index < -0.39 is 11.3 Å². The minimum absolute atomic E-state index is 0.372. The summed E-state index contributed by atoms with van der Waals surface area (Å²) in [6, 6.07) is 1.58. The molecule has 2 aromatic heterocycles. The highest BCUT2D eigenvalue weighted by atomic mass is 16.3. The number of hydrogen-bond donors (Lipinski definition) is 2. The summed E-state index contributed by atoms with van der Waals surface area (Å²) < 4.78 is 3.27. The first-order chi connectivity index (χ1) is 11.3. The molecule has 0 spiro atoms. The van der Waals surface area contributed by atoms with Crippen LogP contribution in [0.2, 0.25) is 0 Å². The second-order valence-corrected chi connectivity index (χ2v) is 6.80. The predicted octanol–water partition coefficient (Wildman–Crippen LogP) is -0.223. The van der Waals surface area contributed by atoms with E-state index in [1.807, 2.05) is 17.8 Å². The normalized spacial score (nSPS) is 25.1. The molecule has 1 saturated heterocycles. The number of nitrogens with zero attached hydrogens (tertiary/aromatic N) is 4. The van der Waals surface area contributed by atoms with Crippen LogP contribution >= 0.6 is 0 Å². The van der Waals surface area contributed by atoms with Crippen LogP contribution in [0, 0.1) is 6.92 Å². The largest absolute Gasteiger partial charge is 0.387 e. The second-order valence-electron chi connectivity index (χ2n) is 6.80. The van der Waals surface area contributed by atoms with Gasteiger partial charge in [-0.15, -0.1) is 0 Å². The van der Waals surface area contributed by atoms with Crippen molar-refractivity contribution < 1.29 is 5.11 Å². The number of aliphatic hydroxyl groups is 1. The van der Waals surface area contributed by atoms with Crippen LogP contribution in [0.15, 0.2) is 28.0 Å². The van der Waals surface area contributed by atoms with Gasteiger partial charge < -0.3 is 5.11 Å². The van der Waals surface area contributed by atoms with Crippen molar-refractivity contribution in [3.05, 3.63) is 50.6 Å². The zero-order chi connectivity index (χ0) is 17.5. The molecule has 130 valence electrons. The first kappa shape index (κ1) is 16.7. The Labute approximate surface area is 139 Å². The third-order valence-corrected chi connectivity index (χ3v) is 4.77. The topological polar surface area (TPSA) is 96.2 Å². The van der Waals surface area contributed by atoms with Crippen molar-refractivity contribution in [1.82, 2.24) is 24.2 Å². The number of H-pyrrole nitrogens is 1. The molecule has 0 bridgehead atoms. The molecule has 0 amide bonds. The molecule has 1 fully saturated rings. The van der Waals surface area contributed by atoms with Gasteiger partial charge in [-0.1, -0.05) is 0 Å². The van der Waals surface area contributed by atoms with Crippen LogP contribution in [-0.2, 0) is 13.6 Å². The second kappa shape index (κ2) is 6.03. The van der Waals surface area contributed by atoms with E-state index >= 15 is 0 Å². The number of piperidine rings is 1. The number of hydrogen-bond acceptors (Lipinski definition) is 5. The summed E-state index contributed by atoms with van der Waals surface area (Å²) in [5.74, 6) is 0. The van der Waals surface area contributed by atoms with Crippen molar-refractivity contribution in [3.63, 3.8) is 0 Å². The molecule has 0 aromatic carbocycles. The number of likely N-dealkylation sites (tertiary alicyclic amines) is 1. The standard InChI is InChI=1S/C16H23N5O3/c1-11-8-21(15(23)18-14(11)22)13-5-7-20(10-16(13,2)24)9-12-4-6-17-19(12)3/h4,6,8,13,24H,5,7,9-10H2,1-3H3,(H,18,22,23)/t13-,16-/m0/s1. The summed E-state index contributed by atoms with van der Waals surface area (Å²) >= 11 is 0. The molecule has 0 aliphatic carbocycles. The van der Waals surface area contributed by atoms with Gasteiger partial charge in [0.2, 0.25) is 0 Å². The van der Waals surface area contributed by atoms with E-state index in [9.17, 15) is 14.7 Å². The number of β-amino-alcohol motifs (C(OH)–C–C–N with tert-alkyl or cyclic N) is 1. The molecule has 2 atom stereocenters. The lowest BCUT2D eigenvalue weighted by Crippen LogP contribution is -2.54. The van der Waals surface area contributed by atoms with E-state index in [4.69, 9.17) is 0 Å². The summed E-state index contributed by atoms with van der Waals surface area (Å²) in [7, 11) is 1.89. The average Bonchev–Trinajstić information content (AvgIpc) is 2.88. The van der Waals surface area contributed by atoms with Gasteiger partial charge in [0.15, 0.2) is 0 Å². The fourth-order valence-corrected chi connectivity index (χ4v) is 3.43. The summed E-state index contributed by atoms with van der Waals surface area (Å²) in [6.45, 7) is 5.27. The third-order valence-electron chi connectivity index (χ3n) is 4.77. The zero-order valence-electron chi connectivity index (χ0n) is 14.2. The van der Waals surface area contributed by atoms with Crippen LogP contribution in [-0.4, -0.2) is 48.0 Å². The van der Waals surface area contributed by atoms with Crippen LogP contribution < -0.4 is 11.2 Å². The molecular weight excluding hydrogens is 310 g/mol. The Morgan fingerprint density at radius 1 is 1.46 bits per heavy atom. The SMILES string of the molecule is Cc1cn([C@H]2CCN(Cc3ccnn3C)C[C@]2(C)O)c(=O)[nH]c1=O. The summed E-state index contributed by atoms with van der Waals surface area (Å²) in [6.07, 6.45) is 3.91. The Morgan fingerprint density at radius 2 is 2.21 bits per heavy atom. The molecule has 2 aromatic rings. The smallest absolute Gasteiger partial charge is 0.328 e. The molecule has 0 saturated carbocycles. The maximum Gasteiger partial charge on any atom is 0.328 e. The van der Waals surface area contributed by atoms with E-state index in [2.05, 4.69) is 15.0 Å². The van der Waals surface area contributed by atoms with Crippen molar-refractivity contribution in [2.24, 2.45) is 7.05 Å². The van der Waals surface area contributed by atoms with Crippen LogP contribution in [0.3, 0.4) is 0 Å². The molecule has 3 heterocycles. The Hall–Kier alpha value is -2.19. The number of aryl methyl sites for hydroxylation is 2. The molecule has 8 heteroatoms. The van der Waals surface area contributed by atoms with E-state index in [1.54, 1.807) is 20.0 Å². The molecule has 3 rings (SSSR count). The maximum atomic E-state index is 12.1. The molecule has 1 aliphatic rings. The summed E-state index contributed by atoms with van der Waals surface area (Å²) in [5.41, 5.74) is -0.407. The summed E-state index contributed by atoms with van der Waals surface area (Å²) in [5, 5.41) is 15.1. The third kappa shape index (κ3) is 3.07. The molecule has 8 nitrogen and oxygen atoms in total. The monoisotopic (exact) mass is 333 g/mol. The highest BCUT2D eigenvalue weighted by Gasteiger charge is 2.39. The number of nitrogens with one attached hydrogen (secondary N) is 1. The average molecular weight is 333 g/mol. The lowest BCUT2D eigenvalue weighted by atomic mass is 9.88. The van der Waals surface area contributed by atoms with Gasteiger partial charge >= 0.3 is 5.69 Å². The Kier molecular flexibility index (Phi) is 4.18. The van der Waals surface area contributed by atoms with Crippen molar-refractivity contribution in [2.75, 3.05) is 13.1 Å². The highest BCUT2D eigenvalue weighted by Crippen LogP contribution is 2.31. The van der Waals surface area contributed by atoms with Crippen LogP contribution in [0.5, 0.6) is 0 Å². The summed E-state index contributed by atoms with van der Waals surface area (Å²) in [4.78, 5) is 28.1. The number of aromatic amines is 1. The quantitative estimate of drug-likeness (QED) is 0.809. The van der Waals surface area contributed by atoms with Gasteiger partial charge in [0.05, 0.1) is 17.3 Å². The van der Waals surface area contributed by atoms with Gasteiger partial charge in [-0.25, -0.2) is 4.79 Å². The van der Waals surface area contributed by atoms with Crippen molar-refractivity contribution in [1.29, 1.82) is 0 Å². The lowest BCUT2D eigenvalue weighted by Gasteiger charge is -2.43. The molecule has 1 aliphatic heterocycles. The van der Waals surface area contributed by atoms with Gasteiger partial charge in [0.25, 0.3) is 5.56 Å². The van der Waals surface area contributed by atoms with Crippen LogP contribution in [0.1, 0.15) is 30.6 Å². The Morgan fingerprint density at radius 3 is 2.83 bits per heavy atom. The zero-order valence-corrected chi connectivity index (χ0v) is 14.2. The highest BCUT2D eigenvalue weighted by molar-refractivity contribution is 5.06. The van der Waals surface area contributed by atoms with E-state index in [0.717, 1.165) is 12.2 Å². The number of rotatable bonds is 3. The van der Waals surface area contributed by atoms with Crippen LogP contribution in [0.25, 0.3) is 0 Å². The predicted molar refractivity (Wildman–Crippen MR) is 88.8 cm³/mol. The van der Waals surface area contributed by atoms with E-state index in [1.165, 1.54) is 10.8 Å². The van der Waals surface area contributed by atoms with Crippen LogP contribution in [0.4, 0.5) is 0 Å². The van der Waals surface area contributed by atoms with E-state index in [0.29, 0.717) is 25.1 Å². The molecule has 0 radical (unpaired) electrons. The molecule has 0 unspecified atom stereocenters. The van der Waals surface area contributed by atoms with Gasteiger partial charge in [0.1, 0.15) is 0 Å². The van der Waals surface area contributed by atoms with Gasteiger partial charge in [0, 0.05) is 44.6 Å². The fourth-order valence-electron chi connectivity index (χ4n) is 3.43. The Bertz CT molecular complexity index is 848. The maximum absolute atomic E-state index is 12.1. The fraction of sp³-hybridized carbons (Fsp3) is 0.562. The van der Waals surface area contributed by atoms with Crippen molar-refractivity contribution in [2.45, 2.75) is 38.5 Å².